The molecule has 0 bridgehead atoms. The minimum absolute atomic E-state index is 0.00422. The average Bonchev–Trinajstić information content (AvgIpc) is 3.28. The first kappa shape index (κ1) is 22.1. The second-order valence-electron chi connectivity index (χ2n) is 7.57. The first-order valence-corrected chi connectivity index (χ1v) is 11.8. The third kappa shape index (κ3) is 4.56. The minimum Gasteiger partial charge on any atom is -0.403 e. The number of benzene rings is 2. The Kier molecular flexibility index (Phi) is 6.33. The summed E-state index contributed by atoms with van der Waals surface area (Å²) in [5.74, 6) is -0.779. The van der Waals surface area contributed by atoms with Gasteiger partial charge < -0.3 is 4.42 Å². The molecule has 2 aromatic carbocycles. The molecule has 0 aliphatic carbocycles. The van der Waals surface area contributed by atoms with Crippen LogP contribution < -0.4 is 5.32 Å². The van der Waals surface area contributed by atoms with Crippen molar-refractivity contribution in [3.63, 3.8) is 0 Å². The van der Waals surface area contributed by atoms with Crippen molar-refractivity contribution in [2.24, 2.45) is 0 Å². The number of hydrogen-bond donors (Lipinski definition) is 1. The van der Waals surface area contributed by atoms with Gasteiger partial charge in [0.05, 0.1) is 4.90 Å². The molecule has 3 aromatic rings. The number of aromatic nitrogens is 2. The fourth-order valence-corrected chi connectivity index (χ4v) is 5.53. The zero-order valence-corrected chi connectivity index (χ0v) is 18.3. The standard InChI is InChI=1S/C22H23FN4O4S/c1-2-18-5-3-4-14-27(18)32(29,30)19-12-8-15(9-13-19)20(28)24-22-26-25-21(31-22)16-6-10-17(23)11-7-16/h6-13,18H,2-5,14H2,1H3,(H,24,26,28). The number of rotatable bonds is 6. The molecule has 4 rings (SSSR count). The van der Waals surface area contributed by atoms with Crippen LogP contribution in [0.2, 0.25) is 0 Å². The lowest BCUT2D eigenvalue weighted by molar-refractivity contribution is 0.102. The van der Waals surface area contributed by atoms with E-state index in [1.807, 2.05) is 6.92 Å². The highest BCUT2D eigenvalue weighted by Gasteiger charge is 2.32. The largest absolute Gasteiger partial charge is 0.403 e. The summed E-state index contributed by atoms with van der Waals surface area (Å²) in [6.45, 7) is 2.50. The van der Waals surface area contributed by atoms with E-state index in [0.717, 1.165) is 25.7 Å². The van der Waals surface area contributed by atoms with E-state index < -0.39 is 21.7 Å². The molecule has 0 saturated carbocycles. The maximum atomic E-state index is 13.1. The van der Waals surface area contributed by atoms with Gasteiger partial charge in [-0.15, -0.1) is 5.10 Å². The molecule has 1 amide bonds. The third-order valence-electron chi connectivity index (χ3n) is 5.50. The Morgan fingerprint density at radius 3 is 2.53 bits per heavy atom. The zero-order valence-electron chi connectivity index (χ0n) is 17.5. The molecule has 1 fully saturated rings. The van der Waals surface area contributed by atoms with Crippen LogP contribution in [0.4, 0.5) is 10.4 Å². The summed E-state index contributed by atoms with van der Waals surface area (Å²) in [5, 5.41) is 10.1. The Bertz CT molecular complexity index is 1190. The Morgan fingerprint density at radius 1 is 1.12 bits per heavy atom. The Morgan fingerprint density at radius 2 is 1.84 bits per heavy atom. The first-order chi connectivity index (χ1) is 15.4. The van der Waals surface area contributed by atoms with Crippen molar-refractivity contribution in [2.75, 3.05) is 11.9 Å². The van der Waals surface area contributed by atoms with Crippen LogP contribution in [0.15, 0.2) is 57.8 Å². The van der Waals surface area contributed by atoms with Crippen LogP contribution in [0.1, 0.15) is 43.0 Å². The fourth-order valence-electron chi connectivity index (χ4n) is 3.76. The Labute approximate surface area is 185 Å². The van der Waals surface area contributed by atoms with E-state index in [2.05, 4.69) is 15.5 Å². The third-order valence-corrected chi connectivity index (χ3v) is 7.47. The number of nitrogens with one attached hydrogen (secondary N) is 1. The number of hydrogen-bond acceptors (Lipinski definition) is 6. The van der Waals surface area contributed by atoms with E-state index in [4.69, 9.17) is 4.42 Å². The van der Waals surface area contributed by atoms with Crippen LogP contribution in [0.25, 0.3) is 11.5 Å². The van der Waals surface area contributed by atoms with Gasteiger partial charge in [0, 0.05) is 23.7 Å². The predicted octanol–water partition coefficient (Wildman–Crippen LogP) is 4.08. The topological polar surface area (TPSA) is 105 Å². The smallest absolute Gasteiger partial charge is 0.322 e. The number of sulfonamides is 1. The number of amides is 1. The molecule has 10 heteroatoms. The van der Waals surface area contributed by atoms with Gasteiger partial charge in [-0.25, -0.2) is 12.8 Å². The van der Waals surface area contributed by atoms with E-state index >= 15 is 0 Å². The van der Waals surface area contributed by atoms with Crippen LogP contribution in [-0.4, -0.2) is 41.4 Å². The normalized spacial score (nSPS) is 17.2. The predicted molar refractivity (Wildman–Crippen MR) is 116 cm³/mol. The average molecular weight is 459 g/mol. The van der Waals surface area contributed by atoms with Crippen molar-refractivity contribution < 1.29 is 22.0 Å². The van der Waals surface area contributed by atoms with Gasteiger partial charge in [-0.2, -0.15) is 4.31 Å². The summed E-state index contributed by atoms with van der Waals surface area (Å²) in [6.07, 6.45) is 3.51. The number of carbonyl (C=O) groups is 1. The lowest BCUT2D eigenvalue weighted by atomic mass is 10.0. The van der Waals surface area contributed by atoms with Crippen LogP contribution in [0.3, 0.4) is 0 Å². The first-order valence-electron chi connectivity index (χ1n) is 10.4. The highest BCUT2D eigenvalue weighted by molar-refractivity contribution is 7.89. The molecule has 32 heavy (non-hydrogen) atoms. The van der Waals surface area contributed by atoms with Crippen molar-refractivity contribution in [1.29, 1.82) is 0 Å². The number of carbonyl (C=O) groups excluding carboxylic acids is 1. The summed E-state index contributed by atoms with van der Waals surface area (Å²) < 4.78 is 46.1. The summed E-state index contributed by atoms with van der Waals surface area (Å²) in [5.41, 5.74) is 0.758. The van der Waals surface area contributed by atoms with Gasteiger partial charge in [0.1, 0.15) is 5.82 Å². The van der Waals surface area contributed by atoms with Gasteiger partial charge in [0.15, 0.2) is 0 Å². The maximum absolute atomic E-state index is 13.1. The quantitative estimate of drug-likeness (QED) is 0.597. The molecule has 1 atom stereocenters. The summed E-state index contributed by atoms with van der Waals surface area (Å²) in [7, 11) is -3.62. The molecule has 1 unspecified atom stereocenters. The van der Waals surface area contributed by atoms with Gasteiger partial charge in [-0.3, -0.25) is 10.1 Å². The molecular weight excluding hydrogens is 435 g/mol. The molecule has 1 aromatic heterocycles. The van der Waals surface area contributed by atoms with E-state index in [1.165, 1.54) is 48.5 Å². The maximum Gasteiger partial charge on any atom is 0.322 e. The van der Waals surface area contributed by atoms with Crippen molar-refractivity contribution in [3.05, 3.63) is 59.9 Å². The lowest BCUT2D eigenvalue weighted by Crippen LogP contribution is -2.43. The summed E-state index contributed by atoms with van der Waals surface area (Å²) >= 11 is 0. The van der Waals surface area contributed by atoms with E-state index in [9.17, 15) is 17.6 Å². The molecule has 0 radical (unpaired) electrons. The molecule has 2 heterocycles. The van der Waals surface area contributed by atoms with Crippen molar-refractivity contribution >= 4 is 21.9 Å². The Hall–Kier alpha value is -3.11. The van der Waals surface area contributed by atoms with Crippen molar-refractivity contribution in [2.45, 2.75) is 43.5 Å². The monoisotopic (exact) mass is 458 g/mol. The van der Waals surface area contributed by atoms with Crippen LogP contribution in [0.5, 0.6) is 0 Å². The van der Waals surface area contributed by atoms with Gasteiger partial charge >= 0.3 is 6.01 Å². The lowest BCUT2D eigenvalue weighted by Gasteiger charge is -2.34. The van der Waals surface area contributed by atoms with E-state index in [-0.39, 0.29) is 28.4 Å². The second kappa shape index (κ2) is 9.17. The Balaban J connectivity index is 1.46. The molecular formula is C22H23FN4O4S. The van der Waals surface area contributed by atoms with Gasteiger partial charge in [-0.1, -0.05) is 18.4 Å². The van der Waals surface area contributed by atoms with Crippen LogP contribution in [0, 0.1) is 5.82 Å². The number of nitrogens with zero attached hydrogens (tertiary/aromatic N) is 3. The molecule has 1 aliphatic rings. The van der Waals surface area contributed by atoms with Gasteiger partial charge in [0.25, 0.3) is 5.91 Å². The van der Waals surface area contributed by atoms with E-state index in [0.29, 0.717) is 12.1 Å². The summed E-state index contributed by atoms with van der Waals surface area (Å²) in [4.78, 5) is 12.7. The van der Waals surface area contributed by atoms with Crippen molar-refractivity contribution in [1.82, 2.24) is 14.5 Å². The SMILES string of the molecule is CCC1CCCCN1S(=O)(=O)c1ccc(C(=O)Nc2nnc(-c3ccc(F)cc3)o2)cc1. The van der Waals surface area contributed by atoms with Gasteiger partial charge in [-0.05, 0) is 67.8 Å². The zero-order chi connectivity index (χ0) is 22.7. The molecule has 8 nitrogen and oxygen atoms in total. The van der Waals surface area contributed by atoms with Crippen LogP contribution >= 0.6 is 0 Å². The molecule has 0 spiro atoms. The molecule has 168 valence electrons. The molecule has 1 N–H and O–H groups in total. The number of anilines is 1. The van der Waals surface area contributed by atoms with E-state index in [1.54, 1.807) is 4.31 Å². The molecule has 1 saturated heterocycles. The highest BCUT2D eigenvalue weighted by Crippen LogP contribution is 2.27. The minimum atomic E-state index is -3.62. The van der Waals surface area contributed by atoms with Crippen LogP contribution in [-0.2, 0) is 10.0 Å². The number of halogens is 1. The number of piperidine rings is 1. The molecule has 1 aliphatic heterocycles. The summed E-state index contributed by atoms with van der Waals surface area (Å²) in [6, 6.07) is 11.1. The van der Waals surface area contributed by atoms with Crippen molar-refractivity contribution in [3.8, 4) is 11.5 Å². The van der Waals surface area contributed by atoms with Gasteiger partial charge in [0.2, 0.25) is 15.9 Å². The highest BCUT2D eigenvalue weighted by atomic mass is 32.2. The fraction of sp³-hybridized carbons (Fsp3) is 0.318. The second-order valence-corrected chi connectivity index (χ2v) is 9.46.